The Morgan fingerprint density at radius 1 is 0.571 bits per heavy atom. The molecule has 0 heterocycles. The van der Waals surface area contributed by atoms with Crippen molar-refractivity contribution < 1.29 is 40.9 Å². The van der Waals surface area contributed by atoms with Crippen LogP contribution >= 0.6 is 0 Å². The molecule has 2 rings (SSSR count). The van der Waals surface area contributed by atoms with Gasteiger partial charge in [-0.3, -0.25) is 0 Å². The molecule has 112 valence electrons. The number of phenolic OH excluding ortho intramolecular Hbond substituents is 2. The predicted octanol–water partition coefficient (Wildman–Crippen LogP) is 3.74. The van der Waals surface area contributed by atoms with Gasteiger partial charge in [0, 0.05) is 5.56 Å². The van der Waals surface area contributed by atoms with Crippen LogP contribution in [0.1, 0.15) is 0 Å². The molecule has 0 aliphatic rings. The van der Waals surface area contributed by atoms with E-state index in [0.717, 1.165) is 0 Å². The van der Waals surface area contributed by atoms with Gasteiger partial charge in [-0.1, -0.05) is 0 Å². The first kappa shape index (κ1) is 14.9. The van der Waals surface area contributed by atoms with E-state index in [2.05, 4.69) is 0 Å². The maximum Gasteiger partial charge on any atom is 0.204 e. The van der Waals surface area contributed by atoms with Gasteiger partial charge in [0.05, 0.1) is 5.56 Å². The maximum absolute atomic E-state index is 13.5. The van der Waals surface area contributed by atoms with Crippen LogP contribution in [-0.2, 0) is 0 Å². The molecular weight excluding hydrogens is 309 g/mol. The van der Waals surface area contributed by atoms with Crippen LogP contribution in [0.3, 0.4) is 0 Å². The zero-order chi connectivity index (χ0) is 16.1. The minimum absolute atomic E-state index is 0.0468. The number of aromatic hydroxyl groups is 2. The number of phenols is 2. The molecule has 0 saturated heterocycles. The lowest BCUT2D eigenvalue weighted by Crippen LogP contribution is -2.03. The van der Waals surface area contributed by atoms with Crippen LogP contribution in [-0.4, -0.2) is 10.2 Å². The highest BCUT2D eigenvalue weighted by molar-refractivity contribution is 5.68. The highest BCUT2D eigenvalue weighted by Gasteiger charge is 2.30. The van der Waals surface area contributed by atoms with Crippen LogP contribution < -0.4 is 0 Å². The molecule has 0 spiro atoms. The Bertz CT molecular complexity index is 729. The van der Waals surface area contributed by atoms with Crippen molar-refractivity contribution in [2.75, 3.05) is 0 Å². The van der Waals surface area contributed by atoms with Crippen molar-refractivity contribution in [2.45, 2.75) is 0 Å². The van der Waals surface area contributed by atoms with Crippen LogP contribution in [0.5, 0.6) is 11.5 Å². The SMILES string of the molecule is Oc1cc(-c2c(F)c(F)c(O)c(F)c2F)c(F)c(F)c1F. The predicted molar refractivity (Wildman–Crippen MR) is 54.9 cm³/mol. The van der Waals surface area contributed by atoms with Crippen molar-refractivity contribution in [2.24, 2.45) is 0 Å². The third kappa shape index (κ3) is 2.05. The molecule has 0 radical (unpaired) electrons. The normalized spacial score (nSPS) is 11.0. The zero-order valence-electron chi connectivity index (χ0n) is 9.62. The van der Waals surface area contributed by atoms with Crippen LogP contribution in [0.4, 0.5) is 30.7 Å². The van der Waals surface area contributed by atoms with Crippen molar-refractivity contribution in [1.29, 1.82) is 0 Å². The Hall–Kier alpha value is -2.45. The average molecular weight is 312 g/mol. The fourth-order valence-corrected chi connectivity index (χ4v) is 1.63. The van der Waals surface area contributed by atoms with E-state index in [4.69, 9.17) is 10.2 Å². The molecule has 0 atom stereocenters. The largest absolute Gasteiger partial charge is 0.505 e. The van der Waals surface area contributed by atoms with Crippen LogP contribution in [0.15, 0.2) is 6.07 Å². The Labute approximate surface area is 111 Å². The molecule has 2 aromatic rings. The summed E-state index contributed by atoms with van der Waals surface area (Å²) < 4.78 is 92.8. The summed E-state index contributed by atoms with van der Waals surface area (Å²) >= 11 is 0. The lowest BCUT2D eigenvalue weighted by atomic mass is 10.0. The Kier molecular flexibility index (Phi) is 3.44. The molecule has 0 fully saturated rings. The Morgan fingerprint density at radius 2 is 1.05 bits per heavy atom. The summed E-state index contributed by atoms with van der Waals surface area (Å²) in [6.45, 7) is 0. The second kappa shape index (κ2) is 4.83. The fourth-order valence-electron chi connectivity index (χ4n) is 1.63. The summed E-state index contributed by atoms with van der Waals surface area (Å²) in [5.41, 5.74) is -3.20. The molecular formula is C12H3F7O2. The summed E-state index contributed by atoms with van der Waals surface area (Å²) in [7, 11) is 0. The van der Waals surface area contributed by atoms with Gasteiger partial charge in [0.15, 0.2) is 34.8 Å². The van der Waals surface area contributed by atoms with E-state index < -0.39 is 63.3 Å². The highest BCUT2D eigenvalue weighted by atomic mass is 19.2. The van der Waals surface area contributed by atoms with E-state index in [1.54, 1.807) is 0 Å². The summed E-state index contributed by atoms with van der Waals surface area (Å²) in [4.78, 5) is 0. The fraction of sp³-hybridized carbons (Fsp3) is 0. The minimum atomic E-state index is -2.29. The lowest BCUT2D eigenvalue weighted by Gasteiger charge is -2.11. The monoisotopic (exact) mass is 312 g/mol. The van der Waals surface area contributed by atoms with E-state index in [0.29, 0.717) is 0 Å². The van der Waals surface area contributed by atoms with E-state index in [1.807, 2.05) is 0 Å². The molecule has 21 heavy (non-hydrogen) atoms. The van der Waals surface area contributed by atoms with E-state index in [-0.39, 0.29) is 6.07 Å². The molecule has 9 heteroatoms. The molecule has 2 nitrogen and oxygen atoms in total. The Morgan fingerprint density at radius 3 is 1.52 bits per heavy atom. The first-order valence-corrected chi connectivity index (χ1v) is 5.10. The molecule has 2 N–H and O–H groups in total. The van der Waals surface area contributed by atoms with Gasteiger partial charge in [-0.05, 0) is 6.07 Å². The first-order valence-electron chi connectivity index (χ1n) is 5.10. The van der Waals surface area contributed by atoms with Gasteiger partial charge in [-0.15, -0.1) is 0 Å². The maximum atomic E-state index is 13.5. The molecule has 2 aromatic carbocycles. The standard InChI is InChI=1S/C12H3F7O2/c13-5-2(1-3(20)6(14)9(5)17)4-7(15)10(18)12(21)11(19)8(4)16/h1,20-21H. The number of hydrogen-bond donors (Lipinski definition) is 2. The first-order chi connectivity index (χ1) is 9.68. The number of halogens is 7. The van der Waals surface area contributed by atoms with Crippen molar-refractivity contribution in [3.63, 3.8) is 0 Å². The topological polar surface area (TPSA) is 40.5 Å². The third-order valence-electron chi connectivity index (χ3n) is 2.64. The van der Waals surface area contributed by atoms with Gasteiger partial charge in [0.1, 0.15) is 0 Å². The third-order valence-corrected chi connectivity index (χ3v) is 2.64. The van der Waals surface area contributed by atoms with Gasteiger partial charge < -0.3 is 10.2 Å². The van der Waals surface area contributed by atoms with Crippen LogP contribution in [0.2, 0.25) is 0 Å². The van der Waals surface area contributed by atoms with Crippen molar-refractivity contribution in [3.8, 4) is 22.6 Å². The molecule has 0 aromatic heterocycles. The summed E-state index contributed by atoms with van der Waals surface area (Å²) in [5, 5.41) is 17.7. The Balaban J connectivity index is 2.93. The molecule has 0 saturated carbocycles. The number of hydrogen-bond acceptors (Lipinski definition) is 2. The smallest absolute Gasteiger partial charge is 0.204 e. The zero-order valence-corrected chi connectivity index (χ0v) is 9.62. The second-order valence-corrected chi connectivity index (χ2v) is 3.86. The lowest BCUT2D eigenvalue weighted by molar-refractivity contribution is 0.357. The van der Waals surface area contributed by atoms with Gasteiger partial charge >= 0.3 is 0 Å². The quantitative estimate of drug-likeness (QED) is 0.478. The molecule has 0 aliphatic heterocycles. The van der Waals surface area contributed by atoms with Gasteiger partial charge in [0.2, 0.25) is 17.5 Å². The van der Waals surface area contributed by atoms with E-state index >= 15 is 0 Å². The molecule has 0 bridgehead atoms. The van der Waals surface area contributed by atoms with Crippen LogP contribution in [0, 0.1) is 40.7 Å². The van der Waals surface area contributed by atoms with Crippen molar-refractivity contribution >= 4 is 0 Å². The minimum Gasteiger partial charge on any atom is -0.505 e. The summed E-state index contributed by atoms with van der Waals surface area (Å²) in [5.74, 6) is -19.0. The number of rotatable bonds is 1. The van der Waals surface area contributed by atoms with Crippen LogP contribution in [0.25, 0.3) is 11.1 Å². The van der Waals surface area contributed by atoms with Gasteiger partial charge in [-0.25, -0.2) is 17.6 Å². The van der Waals surface area contributed by atoms with E-state index in [1.165, 1.54) is 0 Å². The molecule has 0 aliphatic carbocycles. The summed E-state index contributed by atoms with van der Waals surface area (Å²) in [6.07, 6.45) is 0. The van der Waals surface area contributed by atoms with Gasteiger partial charge in [0.25, 0.3) is 0 Å². The van der Waals surface area contributed by atoms with E-state index in [9.17, 15) is 30.7 Å². The molecule has 0 unspecified atom stereocenters. The molecule has 0 amide bonds. The highest BCUT2D eigenvalue weighted by Crippen LogP contribution is 2.38. The average Bonchev–Trinajstić information content (AvgIpc) is 2.46. The van der Waals surface area contributed by atoms with Crippen molar-refractivity contribution in [3.05, 3.63) is 46.8 Å². The van der Waals surface area contributed by atoms with Crippen molar-refractivity contribution in [1.82, 2.24) is 0 Å². The van der Waals surface area contributed by atoms with Gasteiger partial charge in [-0.2, -0.15) is 13.2 Å². The number of benzene rings is 2. The summed E-state index contributed by atoms with van der Waals surface area (Å²) in [6, 6.07) is 0.0468. The second-order valence-electron chi connectivity index (χ2n) is 3.86.